The topological polar surface area (TPSA) is 79.2 Å². The molecule has 1 aliphatic heterocycles. The first-order valence-corrected chi connectivity index (χ1v) is 7.26. The van der Waals surface area contributed by atoms with Crippen molar-refractivity contribution in [2.75, 3.05) is 13.1 Å². The van der Waals surface area contributed by atoms with Crippen LogP contribution in [0.25, 0.3) is 0 Å². The highest BCUT2D eigenvalue weighted by Crippen LogP contribution is 2.28. The summed E-state index contributed by atoms with van der Waals surface area (Å²) in [6.07, 6.45) is 1.52. The van der Waals surface area contributed by atoms with E-state index in [9.17, 15) is 8.42 Å². The molecule has 0 saturated carbocycles. The van der Waals surface area contributed by atoms with E-state index < -0.39 is 10.0 Å². The first-order chi connectivity index (χ1) is 7.95. The van der Waals surface area contributed by atoms with E-state index in [0.29, 0.717) is 36.4 Å². The van der Waals surface area contributed by atoms with Gasteiger partial charge in [-0.2, -0.15) is 4.31 Å². The summed E-state index contributed by atoms with van der Waals surface area (Å²) in [6, 6.07) is 1.61. The lowest BCUT2D eigenvalue weighted by Gasteiger charge is -2.14. The molecule has 2 heterocycles. The summed E-state index contributed by atoms with van der Waals surface area (Å²) in [7, 11) is -3.35. The van der Waals surface area contributed by atoms with E-state index in [2.05, 4.69) is 18.8 Å². The molecule has 17 heavy (non-hydrogen) atoms. The van der Waals surface area contributed by atoms with Crippen molar-refractivity contribution >= 4 is 10.0 Å². The molecule has 0 bridgehead atoms. The largest absolute Gasteiger partial charge is 0.363 e. The minimum absolute atomic E-state index is 0.319. The molecule has 2 unspecified atom stereocenters. The number of H-pyrrole nitrogens is 1. The van der Waals surface area contributed by atoms with Gasteiger partial charge < -0.3 is 10.7 Å². The van der Waals surface area contributed by atoms with E-state index in [0.717, 1.165) is 5.69 Å². The molecule has 1 saturated heterocycles. The first kappa shape index (κ1) is 12.6. The van der Waals surface area contributed by atoms with Crippen molar-refractivity contribution in [3.8, 4) is 0 Å². The number of hydrogen-bond donors (Lipinski definition) is 2. The molecule has 2 atom stereocenters. The Hall–Kier alpha value is -0.850. The molecule has 0 aromatic carbocycles. The van der Waals surface area contributed by atoms with Gasteiger partial charge in [-0.15, -0.1) is 0 Å². The SMILES string of the molecule is CC1CN(S(=O)(=O)c2c[nH]c(CN)c2)CC1C. The van der Waals surface area contributed by atoms with Gasteiger partial charge in [0, 0.05) is 31.5 Å². The van der Waals surface area contributed by atoms with Crippen molar-refractivity contribution in [2.24, 2.45) is 17.6 Å². The fraction of sp³-hybridized carbons (Fsp3) is 0.636. The third-order valence-corrected chi connectivity index (χ3v) is 5.34. The number of rotatable bonds is 3. The molecule has 1 aliphatic rings. The highest BCUT2D eigenvalue weighted by atomic mass is 32.2. The Labute approximate surface area is 102 Å². The van der Waals surface area contributed by atoms with Gasteiger partial charge in [0.2, 0.25) is 10.0 Å². The van der Waals surface area contributed by atoms with Gasteiger partial charge in [0.25, 0.3) is 0 Å². The lowest BCUT2D eigenvalue weighted by atomic mass is 10.0. The van der Waals surface area contributed by atoms with E-state index in [1.54, 1.807) is 10.4 Å². The molecule has 0 aliphatic carbocycles. The third-order valence-electron chi connectivity index (χ3n) is 3.53. The fourth-order valence-electron chi connectivity index (χ4n) is 2.11. The van der Waals surface area contributed by atoms with Crippen molar-refractivity contribution in [3.63, 3.8) is 0 Å². The molecule has 96 valence electrons. The van der Waals surface area contributed by atoms with Gasteiger partial charge >= 0.3 is 0 Å². The maximum atomic E-state index is 12.3. The highest BCUT2D eigenvalue weighted by Gasteiger charge is 2.35. The van der Waals surface area contributed by atoms with Gasteiger partial charge in [0.05, 0.1) is 4.90 Å². The Morgan fingerprint density at radius 3 is 2.47 bits per heavy atom. The Morgan fingerprint density at radius 2 is 2.00 bits per heavy atom. The second-order valence-electron chi connectivity index (χ2n) is 4.84. The molecule has 0 spiro atoms. The van der Waals surface area contributed by atoms with E-state index in [-0.39, 0.29) is 0 Å². The molecule has 0 radical (unpaired) electrons. The summed E-state index contributed by atoms with van der Waals surface area (Å²) in [6.45, 7) is 5.70. The maximum Gasteiger partial charge on any atom is 0.244 e. The Bertz CT molecular complexity index is 485. The average molecular weight is 257 g/mol. The predicted octanol–water partition coefficient (Wildman–Crippen LogP) is 0.750. The molecular formula is C11H19N3O2S. The van der Waals surface area contributed by atoms with Gasteiger partial charge in [-0.25, -0.2) is 8.42 Å². The Balaban J connectivity index is 2.25. The van der Waals surface area contributed by atoms with E-state index in [4.69, 9.17) is 5.73 Å². The summed E-state index contributed by atoms with van der Waals surface area (Å²) >= 11 is 0. The third kappa shape index (κ3) is 2.25. The van der Waals surface area contributed by atoms with Gasteiger partial charge in [0.1, 0.15) is 0 Å². The number of hydrogen-bond acceptors (Lipinski definition) is 3. The van der Waals surface area contributed by atoms with Crippen LogP contribution in [0.3, 0.4) is 0 Å². The van der Waals surface area contributed by atoms with Crippen LogP contribution in [0.1, 0.15) is 19.5 Å². The monoisotopic (exact) mass is 257 g/mol. The van der Waals surface area contributed by atoms with Crippen molar-refractivity contribution < 1.29 is 8.42 Å². The summed E-state index contributed by atoms with van der Waals surface area (Å²) in [5.74, 6) is 0.829. The van der Waals surface area contributed by atoms with Crippen LogP contribution in [0.15, 0.2) is 17.2 Å². The van der Waals surface area contributed by atoms with E-state index >= 15 is 0 Å². The molecule has 0 amide bonds. The second-order valence-corrected chi connectivity index (χ2v) is 6.78. The molecule has 6 heteroatoms. The number of aromatic nitrogens is 1. The predicted molar refractivity (Wildman–Crippen MR) is 65.8 cm³/mol. The first-order valence-electron chi connectivity index (χ1n) is 5.82. The van der Waals surface area contributed by atoms with Crippen molar-refractivity contribution in [1.82, 2.24) is 9.29 Å². The average Bonchev–Trinajstić information content (AvgIpc) is 2.87. The van der Waals surface area contributed by atoms with E-state index in [1.165, 1.54) is 6.20 Å². The second kappa shape index (κ2) is 4.44. The van der Waals surface area contributed by atoms with Crippen LogP contribution in [0, 0.1) is 11.8 Å². The molecule has 1 fully saturated rings. The van der Waals surface area contributed by atoms with Gasteiger partial charge in [0.15, 0.2) is 0 Å². The molecular weight excluding hydrogens is 238 g/mol. The number of sulfonamides is 1. The zero-order valence-electron chi connectivity index (χ0n) is 10.2. The number of nitrogens with two attached hydrogens (primary N) is 1. The van der Waals surface area contributed by atoms with Gasteiger partial charge in [-0.1, -0.05) is 13.8 Å². The molecule has 2 rings (SSSR count). The van der Waals surface area contributed by atoms with Crippen molar-refractivity contribution in [1.29, 1.82) is 0 Å². The summed E-state index contributed by atoms with van der Waals surface area (Å²) in [5.41, 5.74) is 6.20. The minimum Gasteiger partial charge on any atom is -0.363 e. The zero-order chi connectivity index (χ0) is 12.6. The molecule has 3 N–H and O–H groups in total. The van der Waals surface area contributed by atoms with E-state index in [1.807, 2.05) is 0 Å². The van der Waals surface area contributed by atoms with Crippen LogP contribution in [0.2, 0.25) is 0 Å². The number of aromatic amines is 1. The molecule has 1 aromatic rings. The summed E-state index contributed by atoms with van der Waals surface area (Å²) in [5, 5.41) is 0. The van der Waals surface area contributed by atoms with Crippen molar-refractivity contribution in [3.05, 3.63) is 18.0 Å². The van der Waals surface area contributed by atoms with Gasteiger partial charge in [-0.3, -0.25) is 0 Å². The number of nitrogens with one attached hydrogen (secondary N) is 1. The van der Waals surface area contributed by atoms with Crippen LogP contribution < -0.4 is 5.73 Å². The zero-order valence-corrected chi connectivity index (χ0v) is 11.0. The highest BCUT2D eigenvalue weighted by molar-refractivity contribution is 7.89. The lowest BCUT2D eigenvalue weighted by molar-refractivity contribution is 0.463. The van der Waals surface area contributed by atoms with Crippen LogP contribution >= 0.6 is 0 Å². The minimum atomic E-state index is -3.35. The Kier molecular flexibility index (Phi) is 3.29. The quantitative estimate of drug-likeness (QED) is 0.838. The summed E-state index contributed by atoms with van der Waals surface area (Å²) in [4.78, 5) is 3.20. The standard InChI is InChI=1S/C11H19N3O2S/c1-8-6-14(7-9(8)2)17(15,16)11-3-10(4-12)13-5-11/h3,5,8-9,13H,4,6-7,12H2,1-2H3. The van der Waals surface area contributed by atoms with Crippen LogP contribution in [0.4, 0.5) is 0 Å². The fourth-order valence-corrected chi connectivity index (χ4v) is 3.77. The Morgan fingerprint density at radius 1 is 1.41 bits per heavy atom. The maximum absolute atomic E-state index is 12.3. The van der Waals surface area contributed by atoms with Gasteiger partial charge in [-0.05, 0) is 17.9 Å². The molecule has 5 nitrogen and oxygen atoms in total. The van der Waals surface area contributed by atoms with Crippen LogP contribution in [0.5, 0.6) is 0 Å². The van der Waals surface area contributed by atoms with Crippen molar-refractivity contribution in [2.45, 2.75) is 25.3 Å². The smallest absolute Gasteiger partial charge is 0.244 e. The van der Waals surface area contributed by atoms with Crippen LogP contribution in [-0.2, 0) is 16.6 Å². The molecule has 1 aromatic heterocycles. The summed E-state index contributed by atoms with van der Waals surface area (Å²) < 4.78 is 26.2. The lowest BCUT2D eigenvalue weighted by Crippen LogP contribution is -2.28. The number of nitrogens with zero attached hydrogens (tertiary/aromatic N) is 1. The van der Waals surface area contributed by atoms with Crippen LogP contribution in [-0.4, -0.2) is 30.8 Å². The normalized spacial score (nSPS) is 26.5.